The molecule has 2 aliphatic heterocycles. The maximum atomic E-state index is 12.9. The van der Waals surface area contributed by atoms with Crippen LogP contribution in [-0.2, 0) is 22.1 Å². The molecule has 0 aliphatic carbocycles. The number of aromatic amines is 1. The standard InChI is InChI=1S/C25H46N2O7Si3/c1-12-35(10,11)32-23-22-20(31-24(23)27-14-13-21(28)26-25(27)29)15-30-36(16(2)3,17(4)5)34-37(33-22,18(6)7)19(8)9/h12-14,16-20,22-24H,1,15H2,2-11H3,(H,26,28,29)/t20-,22-,23-,24-/m1/s1. The van der Waals surface area contributed by atoms with Crippen LogP contribution in [0.1, 0.15) is 61.6 Å². The van der Waals surface area contributed by atoms with Crippen molar-refractivity contribution in [3.8, 4) is 0 Å². The third-order valence-corrected chi connectivity index (χ3v) is 19.8. The van der Waals surface area contributed by atoms with E-state index in [1.165, 1.54) is 16.8 Å². The van der Waals surface area contributed by atoms with Gasteiger partial charge in [0, 0.05) is 12.3 Å². The first kappa shape index (κ1) is 30.4. The predicted molar refractivity (Wildman–Crippen MR) is 152 cm³/mol. The molecule has 0 unspecified atom stereocenters. The van der Waals surface area contributed by atoms with Crippen molar-refractivity contribution >= 4 is 25.4 Å². The van der Waals surface area contributed by atoms with E-state index in [-0.39, 0.29) is 28.8 Å². The van der Waals surface area contributed by atoms with Crippen LogP contribution in [0, 0.1) is 0 Å². The van der Waals surface area contributed by atoms with Crippen molar-refractivity contribution in [3.05, 3.63) is 45.4 Å². The monoisotopic (exact) mass is 570 g/mol. The molecule has 2 saturated heterocycles. The summed E-state index contributed by atoms with van der Waals surface area (Å²) in [4.78, 5) is 27.0. The number of hydrogen-bond donors (Lipinski definition) is 1. The second-order valence-electron chi connectivity index (χ2n) is 12.0. The molecular weight excluding hydrogens is 525 g/mol. The van der Waals surface area contributed by atoms with Gasteiger partial charge < -0.3 is 22.1 Å². The fraction of sp³-hybridized carbons (Fsp3) is 0.760. The molecule has 0 radical (unpaired) electrons. The van der Waals surface area contributed by atoms with E-state index in [0.717, 1.165) is 0 Å². The van der Waals surface area contributed by atoms with Crippen molar-refractivity contribution in [2.24, 2.45) is 0 Å². The van der Waals surface area contributed by atoms with Gasteiger partial charge in [-0.2, -0.15) is 0 Å². The van der Waals surface area contributed by atoms with E-state index in [4.69, 9.17) is 22.1 Å². The number of nitrogens with zero attached hydrogens (tertiary/aromatic N) is 1. The molecule has 3 heterocycles. The molecule has 0 bridgehead atoms. The van der Waals surface area contributed by atoms with Crippen LogP contribution >= 0.6 is 0 Å². The molecule has 2 aliphatic rings. The average molecular weight is 571 g/mol. The number of ether oxygens (including phenoxy) is 1. The number of H-pyrrole nitrogens is 1. The van der Waals surface area contributed by atoms with Crippen molar-refractivity contribution in [1.29, 1.82) is 0 Å². The molecule has 1 aromatic rings. The lowest BCUT2D eigenvalue weighted by Crippen LogP contribution is -2.66. The van der Waals surface area contributed by atoms with Crippen LogP contribution in [0.15, 0.2) is 34.1 Å². The Labute approximate surface area is 224 Å². The topological polar surface area (TPSA) is 101 Å². The van der Waals surface area contributed by atoms with Gasteiger partial charge in [0.1, 0.15) is 18.3 Å². The van der Waals surface area contributed by atoms with Gasteiger partial charge in [-0.05, 0) is 35.3 Å². The first-order valence-electron chi connectivity index (χ1n) is 13.4. The molecule has 0 spiro atoms. The van der Waals surface area contributed by atoms with Crippen molar-refractivity contribution in [2.45, 2.75) is 115 Å². The lowest BCUT2D eigenvalue weighted by molar-refractivity contribution is -0.0592. The molecule has 1 N–H and O–H groups in total. The highest BCUT2D eigenvalue weighted by Crippen LogP contribution is 2.49. The molecular formula is C25H46N2O7Si3. The molecule has 0 saturated carbocycles. The highest BCUT2D eigenvalue weighted by Gasteiger charge is 2.62. The number of aromatic nitrogens is 2. The quantitative estimate of drug-likeness (QED) is 0.452. The van der Waals surface area contributed by atoms with Crippen LogP contribution in [-0.4, -0.2) is 59.9 Å². The van der Waals surface area contributed by atoms with Gasteiger partial charge in [0.25, 0.3) is 5.56 Å². The van der Waals surface area contributed by atoms with Gasteiger partial charge in [0.2, 0.25) is 8.32 Å². The summed E-state index contributed by atoms with van der Waals surface area (Å²) >= 11 is 0. The maximum absolute atomic E-state index is 12.9. The summed E-state index contributed by atoms with van der Waals surface area (Å²) in [6, 6.07) is 1.32. The molecule has 37 heavy (non-hydrogen) atoms. The second kappa shape index (κ2) is 11.2. The van der Waals surface area contributed by atoms with Crippen molar-refractivity contribution in [1.82, 2.24) is 9.55 Å². The summed E-state index contributed by atoms with van der Waals surface area (Å²) < 4.78 is 36.0. The average Bonchev–Trinajstić information content (AvgIpc) is 3.08. The Kier molecular flexibility index (Phi) is 9.17. The van der Waals surface area contributed by atoms with Gasteiger partial charge in [0.05, 0.1) is 6.61 Å². The molecule has 0 aromatic carbocycles. The van der Waals surface area contributed by atoms with Crippen molar-refractivity contribution in [3.63, 3.8) is 0 Å². The van der Waals surface area contributed by atoms with E-state index in [1.807, 2.05) is 18.8 Å². The van der Waals surface area contributed by atoms with E-state index in [2.05, 4.69) is 67.0 Å². The van der Waals surface area contributed by atoms with E-state index >= 15 is 0 Å². The molecule has 12 heteroatoms. The van der Waals surface area contributed by atoms with Gasteiger partial charge in [-0.15, -0.1) is 6.58 Å². The fourth-order valence-corrected chi connectivity index (χ4v) is 17.8. The van der Waals surface area contributed by atoms with Crippen LogP contribution in [0.25, 0.3) is 0 Å². The fourth-order valence-electron chi connectivity index (χ4n) is 5.50. The minimum atomic E-state index is -2.93. The smallest absolute Gasteiger partial charge is 0.335 e. The minimum Gasteiger partial charge on any atom is -0.414 e. The van der Waals surface area contributed by atoms with Gasteiger partial charge in [0.15, 0.2) is 6.23 Å². The molecule has 1 aromatic heterocycles. The third-order valence-electron chi connectivity index (χ3n) is 7.67. The summed E-state index contributed by atoms with van der Waals surface area (Å²) in [7, 11) is -8.03. The van der Waals surface area contributed by atoms with E-state index in [9.17, 15) is 9.59 Å². The van der Waals surface area contributed by atoms with Crippen molar-refractivity contribution < 1.29 is 22.1 Å². The summed E-state index contributed by atoms with van der Waals surface area (Å²) in [6.45, 7) is 25.7. The largest absolute Gasteiger partial charge is 0.414 e. The van der Waals surface area contributed by atoms with E-state index < -0.39 is 61.2 Å². The molecule has 0 amide bonds. The first-order chi connectivity index (χ1) is 17.1. The van der Waals surface area contributed by atoms with Gasteiger partial charge in [-0.1, -0.05) is 61.1 Å². The minimum absolute atomic E-state index is 0.138. The lowest BCUT2D eigenvalue weighted by atomic mass is 10.1. The van der Waals surface area contributed by atoms with Gasteiger partial charge in [-0.3, -0.25) is 14.3 Å². The molecule has 210 valence electrons. The van der Waals surface area contributed by atoms with Crippen LogP contribution in [0.2, 0.25) is 35.3 Å². The summed E-state index contributed by atoms with van der Waals surface area (Å²) in [5.41, 5.74) is 1.52. The Morgan fingerprint density at radius 2 is 1.62 bits per heavy atom. The molecule has 3 rings (SSSR count). The number of hydrogen-bond acceptors (Lipinski definition) is 7. The Morgan fingerprint density at radius 1 is 1.05 bits per heavy atom. The Balaban J connectivity index is 2.20. The number of nitrogens with one attached hydrogen (secondary N) is 1. The first-order valence-corrected chi connectivity index (χ1v) is 20.3. The Bertz CT molecular complexity index is 1050. The van der Waals surface area contributed by atoms with Crippen LogP contribution in [0.3, 0.4) is 0 Å². The third kappa shape index (κ3) is 5.76. The van der Waals surface area contributed by atoms with Crippen LogP contribution in [0.5, 0.6) is 0 Å². The van der Waals surface area contributed by atoms with Crippen LogP contribution in [0.4, 0.5) is 0 Å². The summed E-state index contributed by atoms with van der Waals surface area (Å²) in [5.74, 6) is 0. The number of rotatable bonds is 8. The van der Waals surface area contributed by atoms with Gasteiger partial charge in [-0.25, -0.2) is 4.79 Å². The zero-order chi connectivity index (χ0) is 27.9. The Morgan fingerprint density at radius 3 is 2.11 bits per heavy atom. The zero-order valence-corrected chi connectivity index (χ0v) is 27.1. The van der Waals surface area contributed by atoms with E-state index in [0.29, 0.717) is 0 Å². The molecule has 2 fully saturated rings. The van der Waals surface area contributed by atoms with Crippen molar-refractivity contribution in [2.75, 3.05) is 6.61 Å². The number of fused-ring (bicyclic) bond motifs is 1. The zero-order valence-electron chi connectivity index (χ0n) is 24.1. The summed E-state index contributed by atoms with van der Waals surface area (Å²) in [6.07, 6.45) is -0.942. The highest BCUT2D eigenvalue weighted by molar-refractivity contribution is 6.84. The SMILES string of the molecule is C=C[Si](C)(C)O[C@@H]1[C@@H]2O[Si](C(C)C)(C(C)C)O[Si](C(C)C)(C(C)C)OC[C@H]2O[C@H]1n1ccc(=O)[nH]c1=O. The van der Waals surface area contributed by atoms with Crippen LogP contribution < -0.4 is 11.2 Å². The Hall–Kier alpha value is -1.13. The summed E-state index contributed by atoms with van der Waals surface area (Å²) in [5, 5.41) is 0. The molecule has 4 atom stereocenters. The lowest BCUT2D eigenvalue weighted by Gasteiger charge is -2.51. The highest BCUT2D eigenvalue weighted by atomic mass is 28.5. The molecule has 9 nitrogen and oxygen atoms in total. The second-order valence-corrected chi connectivity index (χ2v) is 24.7. The maximum Gasteiger partial charge on any atom is 0.335 e. The normalized spacial score (nSPS) is 27.9. The van der Waals surface area contributed by atoms with Gasteiger partial charge >= 0.3 is 22.8 Å². The van der Waals surface area contributed by atoms with E-state index in [1.54, 1.807) is 0 Å². The predicted octanol–water partition coefficient (Wildman–Crippen LogP) is 4.71.